The highest BCUT2D eigenvalue weighted by molar-refractivity contribution is 9.09. The molecule has 0 spiro atoms. The zero-order valence-electron chi connectivity index (χ0n) is 8.17. The molecular weight excluding hydrogens is 279 g/mol. The number of benzene rings is 1. The van der Waals surface area contributed by atoms with Gasteiger partial charge in [-0.15, -0.1) is 0 Å². The average Bonchev–Trinajstić information content (AvgIpc) is 2.25. The van der Waals surface area contributed by atoms with Crippen LogP contribution in [0.25, 0.3) is 6.08 Å². The van der Waals surface area contributed by atoms with Crippen molar-refractivity contribution in [3.05, 3.63) is 40.4 Å². The molecular formula is C11H10BrClO2. The Kier molecular flexibility index (Phi) is 4.85. The van der Waals surface area contributed by atoms with Gasteiger partial charge in [-0.25, -0.2) is 4.79 Å². The van der Waals surface area contributed by atoms with E-state index in [0.717, 1.165) is 10.9 Å². The van der Waals surface area contributed by atoms with Crippen molar-refractivity contribution >= 4 is 39.6 Å². The van der Waals surface area contributed by atoms with Crippen molar-refractivity contribution in [1.82, 2.24) is 0 Å². The second kappa shape index (κ2) is 5.93. The summed E-state index contributed by atoms with van der Waals surface area (Å²) in [4.78, 5) is 11.2. The minimum absolute atomic E-state index is 0.384. The first kappa shape index (κ1) is 12.3. The number of alkyl halides is 1. The first-order chi connectivity index (χ1) is 7.19. The molecule has 0 saturated heterocycles. The van der Waals surface area contributed by atoms with Crippen molar-refractivity contribution in [1.29, 1.82) is 0 Å². The Bertz CT molecular complexity index is 388. The third-order valence-electron chi connectivity index (χ3n) is 1.80. The Morgan fingerprint density at radius 1 is 1.60 bits per heavy atom. The molecule has 0 bridgehead atoms. The molecule has 80 valence electrons. The summed E-state index contributed by atoms with van der Waals surface area (Å²) in [5, 5.41) is 1.18. The Labute approximate surface area is 102 Å². The number of carbonyl (C=O) groups excluding carboxylic acids is 1. The van der Waals surface area contributed by atoms with Gasteiger partial charge >= 0.3 is 5.97 Å². The lowest BCUT2D eigenvalue weighted by atomic mass is 10.1. The molecule has 4 heteroatoms. The summed E-state index contributed by atoms with van der Waals surface area (Å²) < 4.78 is 4.59. The Hall–Kier alpha value is -0.800. The van der Waals surface area contributed by atoms with Gasteiger partial charge in [0.05, 0.1) is 17.7 Å². The molecule has 0 unspecified atom stereocenters. The summed E-state index contributed by atoms with van der Waals surface area (Å²) >= 11 is 9.22. The minimum Gasteiger partial charge on any atom is -0.465 e. The zero-order chi connectivity index (χ0) is 11.3. The van der Waals surface area contributed by atoms with Crippen LogP contribution in [-0.4, -0.2) is 18.4 Å². The number of ether oxygens (including phenoxy) is 1. The van der Waals surface area contributed by atoms with Gasteiger partial charge in [-0.2, -0.15) is 0 Å². The number of carbonyl (C=O) groups is 1. The van der Waals surface area contributed by atoms with E-state index >= 15 is 0 Å². The normalized spacial score (nSPS) is 10.6. The molecule has 1 aromatic carbocycles. The number of hydrogen-bond acceptors (Lipinski definition) is 2. The quantitative estimate of drug-likeness (QED) is 0.628. The van der Waals surface area contributed by atoms with Gasteiger partial charge in [0.1, 0.15) is 0 Å². The first-order valence-corrected chi connectivity index (χ1v) is 5.79. The maximum Gasteiger partial charge on any atom is 0.339 e. The minimum atomic E-state index is -0.420. The summed E-state index contributed by atoms with van der Waals surface area (Å²) in [6, 6.07) is 5.20. The van der Waals surface area contributed by atoms with Crippen molar-refractivity contribution in [3.8, 4) is 0 Å². The molecule has 0 amide bonds. The SMILES string of the molecule is COC(=O)c1ccc(C=CCBr)cc1Cl. The van der Waals surface area contributed by atoms with Gasteiger partial charge in [-0.1, -0.05) is 45.7 Å². The number of rotatable bonds is 3. The number of allylic oxidation sites excluding steroid dienone is 1. The fourth-order valence-corrected chi connectivity index (χ4v) is 1.54. The molecule has 0 aromatic heterocycles. The highest BCUT2D eigenvalue weighted by atomic mass is 79.9. The molecule has 0 fully saturated rings. The number of methoxy groups -OCH3 is 1. The lowest BCUT2D eigenvalue weighted by Gasteiger charge is -2.02. The maximum absolute atomic E-state index is 11.2. The van der Waals surface area contributed by atoms with Crippen molar-refractivity contribution in [2.24, 2.45) is 0 Å². The molecule has 1 aromatic rings. The third kappa shape index (κ3) is 3.36. The Balaban J connectivity index is 2.98. The highest BCUT2D eigenvalue weighted by Gasteiger charge is 2.09. The largest absolute Gasteiger partial charge is 0.465 e. The number of halogens is 2. The average molecular weight is 290 g/mol. The second-order valence-electron chi connectivity index (χ2n) is 2.79. The van der Waals surface area contributed by atoms with Crippen molar-refractivity contribution in [3.63, 3.8) is 0 Å². The molecule has 0 heterocycles. The molecule has 0 aliphatic heterocycles. The van der Waals surface area contributed by atoms with E-state index in [2.05, 4.69) is 20.7 Å². The van der Waals surface area contributed by atoms with E-state index in [1.807, 2.05) is 18.2 Å². The monoisotopic (exact) mass is 288 g/mol. The molecule has 2 nitrogen and oxygen atoms in total. The van der Waals surface area contributed by atoms with Gasteiger partial charge in [0.2, 0.25) is 0 Å². The van der Waals surface area contributed by atoms with E-state index in [1.165, 1.54) is 7.11 Å². The first-order valence-electron chi connectivity index (χ1n) is 4.29. The van der Waals surface area contributed by atoms with Crippen LogP contribution in [0.3, 0.4) is 0 Å². The fourth-order valence-electron chi connectivity index (χ4n) is 1.09. The predicted octanol–water partition coefficient (Wildman–Crippen LogP) is 3.53. The van der Waals surface area contributed by atoms with Gasteiger partial charge in [0.25, 0.3) is 0 Å². The van der Waals surface area contributed by atoms with Gasteiger partial charge in [-0.3, -0.25) is 0 Å². The summed E-state index contributed by atoms with van der Waals surface area (Å²) in [6.45, 7) is 0. The molecule has 0 aliphatic rings. The van der Waals surface area contributed by atoms with E-state index in [1.54, 1.807) is 12.1 Å². The fraction of sp³-hybridized carbons (Fsp3) is 0.182. The van der Waals surface area contributed by atoms with Gasteiger partial charge in [0, 0.05) is 5.33 Å². The maximum atomic E-state index is 11.2. The second-order valence-corrected chi connectivity index (χ2v) is 3.84. The predicted molar refractivity (Wildman–Crippen MR) is 65.6 cm³/mol. The van der Waals surface area contributed by atoms with Crippen LogP contribution < -0.4 is 0 Å². The van der Waals surface area contributed by atoms with Crippen LogP contribution >= 0.6 is 27.5 Å². The summed E-state index contributed by atoms with van der Waals surface area (Å²) in [5.74, 6) is -0.420. The molecule has 1 rings (SSSR count). The van der Waals surface area contributed by atoms with E-state index in [9.17, 15) is 4.79 Å². The van der Waals surface area contributed by atoms with Crippen LogP contribution in [0.5, 0.6) is 0 Å². The van der Waals surface area contributed by atoms with Crippen LogP contribution in [0.4, 0.5) is 0 Å². The third-order valence-corrected chi connectivity index (χ3v) is 2.48. The van der Waals surface area contributed by atoms with Crippen LogP contribution in [0.15, 0.2) is 24.3 Å². The van der Waals surface area contributed by atoms with Crippen molar-refractivity contribution < 1.29 is 9.53 Å². The molecule has 0 saturated carbocycles. The standard InChI is InChI=1S/C11H10BrClO2/c1-15-11(14)9-5-4-8(3-2-6-12)7-10(9)13/h2-5,7H,6H2,1H3. The van der Waals surface area contributed by atoms with Gasteiger partial charge in [-0.05, 0) is 17.7 Å². The van der Waals surface area contributed by atoms with Gasteiger partial charge in [0.15, 0.2) is 0 Å². The molecule has 0 N–H and O–H groups in total. The smallest absolute Gasteiger partial charge is 0.339 e. The molecule has 0 radical (unpaired) electrons. The van der Waals surface area contributed by atoms with E-state index in [0.29, 0.717) is 10.6 Å². The van der Waals surface area contributed by atoms with Crippen LogP contribution in [-0.2, 0) is 4.74 Å². The summed E-state index contributed by atoms with van der Waals surface area (Å²) in [6.07, 6.45) is 3.87. The molecule has 15 heavy (non-hydrogen) atoms. The van der Waals surface area contributed by atoms with Crippen LogP contribution in [0.2, 0.25) is 5.02 Å². The lowest BCUT2D eigenvalue weighted by Crippen LogP contribution is -2.01. The van der Waals surface area contributed by atoms with E-state index in [-0.39, 0.29) is 0 Å². The lowest BCUT2D eigenvalue weighted by molar-refractivity contribution is 0.0601. The zero-order valence-corrected chi connectivity index (χ0v) is 10.5. The Morgan fingerprint density at radius 3 is 2.87 bits per heavy atom. The Morgan fingerprint density at radius 2 is 2.33 bits per heavy atom. The van der Waals surface area contributed by atoms with Crippen molar-refractivity contribution in [2.75, 3.05) is 12.4 Å². The van der Waals surface area contributed by atoms with Gasteiger partial charge < -0.3 is 4.74 Å². The topological polar surface area (TPSA) is 26.3 Å². The van der Waals surface area contributed by atoms with Crippen LogP contribution in [0, 0.1) is 0 Å². The summed E-state index contributed by atoms with van der Waals surface area (Å²) in [5.41, 5.74) is 1.34. The highest BCUT2D eigenvalue weighted by Crippen LogP contribution is 2.19. The number of esters is 1. The van der Waals surface area contributed by atoms with E-state index in [4.69, 9.17) is 11.6 Å². The van der Waals surface area contributed by atoms with Crippen LogP contribution in [0.1, 0.15) is 15.9 Å². The van der Waals surface area contributed by atoms with E-state index < -0.39 is 5.97 Å². The number of hydrogen-bond donors (Lipinski definition) is 0. The molecule has 0 aliphatic carbocycles. The van der Waals surface area contributed by atoms with Crippen molar-refractivity contribution in [2.45, 2.75) is 0 Å². The molecule has 0 atom stereocenters. The summed E-state index contributed by atoms with van der Waals surface area (Å²) in [7, 11) is 1.33.